The molecule has 0 spiro atoms. The fourth-order valence-electron chi connectivity index (χ4n) is 3.80. The molecule has 0 fully saturated rings. The van der Waals surface area contributed by atoms with Gasteiger partial charge in [0.15, 0.2) is 0 Å². The second-order valence-corrected chi connectivity index (χ2v) is 9.34. The molecule has 0 radical (unpaired) electrons. The topological polar surface area (TPSA) is 86.9 Å². The molecule has 174 valence electrons. The van der Waals surface area contributed by atoms with E-state index < -0.39 is 6.04 Å². The number of hydrogen-bond donors (Lipinski definition) is 3. The predicted molar refractivity (Wildman–Crippen MR) is 140 cm³/mol. The highest BCUT2D eigenvalue weighted by molar-refractivity contribution is 7.12. The number of nitrogens with zero attached hydrogens (tertiary/aromatic N) is 1. The molecule has 1 unspecified atom stereocenters. The largest absolute Gasteiger partial charge is 0.342 e. The average Bonchev–Trinajstić information content (AvgIpc) is 3.56. The summed E-state index contributed by atoms with van der Waals surface area (Å²) in [7, 11) is 0. The van der Waals surface area contributed by atoms with Gasteiger partial charge in [-0.25, -0.2) is 4.98 Å². The first-order valence-electron chi connectivity index (χ1n) is 11.0. The third kappa shape index (κ3) is 5.26. The minimum Gasteiger partial charge on any atom is -0.342 e. The fourth-order valence-corrected chi connectivity index (χ4v) is 4.58. The SMILES string of the molecule is O=C(NC(Cc1ccccc1)c1nc2ccccc2[nH]1)c1ccc(Cl)c(NC(=O)c2cccs2)c1. The van der Waals surface area contributed by atoms with Gasteiger partial charge < -0.3 is 15.6 Å². The number of amides is 2. The van der Waals surface area contributed by atoms with Gasteiger partial charge in [0, 0.05) is 5.56 Å². The maximum Gasteiger partial charge on any atom is 0.265 e. The quantitative estimate of drug-likeness (QED) is 0.247. The van der Waals surface area contributed by atoms with Crippen molar-refractivity contribution in [3.63, 3.8) is 0 Å². The summed E-state index contributed by atoms with van der Waals surface area (Å²) >= 11 is 7.63. The van der Waals surface area contributed by atoms with E-state index in [9.17, 15) is 9.59 Å². The van der Waals surface area contributed by atoms with Crippen LogP contribution in [0.25, 0.3) is 11.0 Å². The molecule has 2 aromatic heterocycles. The molecule has 2 heterocycles. The van der Waals surface area contributed by atoms with Crippen molar-refractivity contribution in [3.8, 4) is 0 Å². The smallest absolute Gasteiger partial charge is 0.265 e. The van der Waals surface area contributed by atoms with E-state index in [1.54, 1.807) is 30.3 Å². The van der Waals surface area contributed by atoms with Crippen molar-refractivity contribution in [1.82, 2.24) is 15.3 Å². The van der Waals surface area contributed by atoms with Crippen molar-refractivity contribution in [2.75, 3.05) is 5.32 Å². The lowest BCUT2D eigenvalue weighted by atomic mass is 10.0. The lowest BCUT2D eigenvalue weighted by Crippen LogP contribution is -2.31. The maximum absolute atomic E-state index is 13.3. The monoisotopic (exact) mass is 500 g/mol. The molecule has 0 aliphatic carbocycles. The lowest BCUT2D eigenvalue weighted by Gasteiger charge is -2.18. The van der Waals surface area contributed by atoms with Crippen LogP contribution < -0.4 is 10.6 Å². The number of imidazole rings is 1. The molecule has 1 atom stereocenters. The summed E-state index contributed by atoms with van der Waals surface area (Å²) in [6.07, 6.45) is 0.558. The van der Waals surface area contributed by atoms with Gasteiger partial charge in [0.1, 0.15) is 5.82 Å². The number of aromatic nitrogens is 2. The van der Waals surface area contributed by atoms with Crippen molar-refractivity contribution in [2.24, 2.45) is 0 Å². The van der Waals surface area contributed by atoms with Crippen LogP contribution >= 0.6 is 22.9 Å². The van der Waals surface area contributed by atoms with E-state index in [0.29, 0.717) is 33.4 Å². The summed E-state index contributed by atoms with van der Waals surface area (Å²) in [6.45, 7) is 0. The standard InChI is InChI=1S/C27H21ClN4O2S/c28-19-13-12-18(16-22(19)31-27(34)24-11-6-14-35-24)26(33)32-23(15-17-7-2-1-3-8-17)25-29-20-9-4-5-10-21(20)30-25/h1-14,16,23H,15H2,(H,29,30)(H,31,34)(H,32,33). The summed E-state index contributed by atoms with van der Waals surface area (Å²) in [5.74, 6) is 0.0990. The Labute approximate surface area is 211 Å². The first-order valence-corrected chi connectivity index (χ1v) is 12.3. The Kier molecular flexibility index (Phi) is 6.61. The summed E-state index contributed by atoms with van der Waals surface area (Å²) in [6, 6.07) is 25.6. The number of halogens is 1. The molecule has 2 amide bonds. The zero-order valence-corrected chi connectivity index (χ0v) is 20.1. The molecule has 8 heteroatoms. The van der Waals surface area contributed by atoms with Gasteiger partial charge in [-0.15, -0.1) is 11.3 Å². The van der Waals surface area contributed by atoms with Crippen molar-refractivity contribution < 1.29 is 9.59 Å². The van der Waals surface area contributed by atoms with E-state index in [1.165, 1.54) is 11.3 Å². The molecule has 3 aromatic carbocycles. The number of fused-ring (bicyclic) bond motifs is 1. The Hall–Kier alpha value is -3.94. The molecule has 35 heavy (non-hydrogen) atoms. The van der Waals surface area contributed by atoms with Gasteiger partial charge >= 0.3 is 0 Å². The molecule has 0 saturated heterocycles. The number of rotatable bonds is 7. The van der Waals surface area contributed by atoms with Crippen LogP contribution in [0.2, 0.25) is 5.02 Å². The Bertz CT molecular complexity index is 1450. The van der Waals surface area contributed by atoms with Crippen molar-refractivity contribution in [2.45, 2.75) is 12.5 Å². The molecule has 0 bridgehead atoms. The summed E-state index contributed by atoms with van der Waals surface area (Å²) in [4.78, 5) is 34.4. The van der Waals surface area contributed by atoms with E-state index >= 15 is 0 Å². The summed E-state index contributed by atoms with van der Waals surface area (Å²) in [5, 5.41) is 8.07. The Balaban J connectivity index is 1.41. The molecule has 6 nitrogen and oxygen atoms in total. The highest BCUT2D eigenvalue weighted by Gasteiger charge is 2.21. The van der Waals surface area contributed by atoms with E-state index in [4.69, 9.17) is 16.6 Å². The Morgan fingerprint density at radius 3 is 2.51 bits per heavy atom. The number of benzene rings is 3. The highest BCUT2D eigenvalue weighted by atomic mass is 35.5. The molecule has 0 saturated carbocycles. The average molecular weight is 501 g/mol. The second kappa shape index (κ2) is 10.1. The van der Waals surface area contributed by atoms with Crippen LogP contribution in [0.3, 0.4) is 0 Å². The fraction of sp³-hybridized carbons (Fsp3) is 0.0741. The molecular weight excluding hydrogens is 480 g/mol. The molecule has 3 N–H and O–H groups in total. The van der Waals surface area contributed by atoms with Crippen LogP contribution in [0.1, 0.15) is 37.5 Å². The maximum atomic E-state index is 13.3. The van der Waals surface area contributed by atoms with Crippen LogP contribution in [0.4, 0.5) is 5.69 Å². The van der Waals surface area contributed by atoms with Crippen LogP contribution in [0, 0.1) is 0 Å². The van der Waals surface area contributed by atoms with Gasteiger partial charge in [0.2, 0.25) is 0 Å². The molecule has 0 aliphatic heterocycles. The van der Waals surface area contributed by atoms with E-state index in [1.807, 2.05) is 60.0 Å². The third-order valence-electron chi connectivity index (χ3n) is 5.55. The van der Waals surface area contributed by atoms with Crippen LogP contribution in [0.15, 0.2) is 90.3 Å². The zero-order chi connectivity index (χ0) is 24.2. The first-order chi connectivity index (χ1) is 17.1. The Morgan fingerprint density at radius 1 is 0.943 bits per heavy atom. The number of carbonyl (C=O) groups is 2. The zero-order valence-electron chi connectivity index (χ0n) is 18.5. The highest BCUT2D eigenvalue weighted by Crippen LogP contribution is 2.26. The van der Waals surface area contributed by atoms with Gasteiger partial charge in [-0.3, -0.25) is 9.59 Å². The minimum absolute atomic E-state index is 0.274. The summed E-state index contributed by atoms with van der Waals surface area (Å²) in [5.41, 5.74) is 3.56. The van der Waals surface area contributed by atoms with Gasteiger partial charge in [-0.2, -0.15) is 0 Å². The van der Waals surface area contributed by atoms with E-state index in [-0.39, 0.29) is 11.8 Å². The number of H-pyrrole nitrogens is 1. The molecule has 5 rings (SSSR count). The molecular formula is C27H21ClN4O2S. The van der Waals surface area contributed by atoms with Crippen LogP contribution in [-0.4, -0.2) is 21.8 Å². The minimum atomic E-state index is -0.392. The van der Waals surface area contributed by atoms with E-state index in [2.05, 4.69) is 15.6 Å². The van der Waals surface area contributed by atoms with Crippen molar-refractivity contribution >= 4 is 51.5 Å². The van der Waals surface area contributed by atoms with Gasteiger partial charge in [-0.05, 0) is 53.8 Å². The molecule has 5 aromatic rings. The second-order valence-electron chi connectivity index (χ2n) is 7.98. The number of nitrogens with one attached hydrogen (secondary N) is 3. The van der Waals surface area contributed by atoms with Crippen molar-refractivity contribution in [3.05, 3.63) is 117 Å². The predicted octanol–water partition coefficient (Wildman–Crippen LogP) is 6.24. The number of aromatic amines is 1. The number of carbonyl (C=O) groups excluding carboxylic acids is 2. The van der Waals surface area contributed by atoms with Crippen molar-refractivity contribution in [1.29, 1.82) is 0 Å². The Morgan fingerprint density at radius 2 is 1.74 bits per heavy atom. The third-order valence-corrected chi connectivity index (χ3v) is 6.75. The number of thiophene rings is 1. The number of anilines is 1. The normalized spacial score (nSPS) is 11.8. The van der Waals surface area contributed by atoms with Gasteiger partial charge in [0.25, 0.3) is 11.8 Å². The summed E-state index contributed by atoms with van der Waals surface area (Å²) < 4.78 is 0. The van der Waals surface area contributed by atoms with Gasteiger partial charge in [0.05, 0.1) is 32.7 Å². The molecule has 0 aliphatic rings. The van der Waals surface area contributed by atoms with Crippen LogP contribution in [0.5, 0.6) is 0 Å². The lowest BCUT2D eigenvalue weighted by molar-refractivity contribution is 0.0933. The van der Waals surface area contributed by atoms with Gasteiger partial charge in [-0.1, -0.05) is 60.1 Å². The van der Waals surface area contributed by atoms with E-state index in [0.717, 1.165) is 16.6 Å². The first kappa shape index (κ1) is 22.8. The van der Waals surface area contributed by atoms with Crippen LogP contribution in [-0.2, 0) is 6.42 Å². The number of para-hydroxylation sites is 2. The number of hydrogen-bond acceptors (Lipinski definition) is 4.